The molecule has 0 saturated heterocycles. The number of ketones is 1. The van der Waals surface area contributed by atoms with E-state index >= 15 is 0 Å². The van der Waals surface area contributed by atoms with E-state index in [-0.39, 0.29) is 5.92 Å². The Bertz CT molecular complexity index is 338. The summed E-state index contributed by atoms with van der Waals surface area (Å²) in [6.07, 6.45) is 7.66. The molecule has 0 aromatic heterocycles. The normalized spacial score (nSPS) is 30.8. The first-order valence-electron chi connectivity index (χ1n) is 9.65. The zero-order chi connectivity index (χ0) is 19.3. The van der Waals surface area contributed by atoms with Crippen LogP contribution >= 0.6 is 0 Å². The summed E-state index contributed by atoms with van der Waals surface area (Å²) in [5.74, 6) is 3.81. The molecule has 2 fully saturated rings. The van der Waals surface area contributed by atoms with Gasteiger partial charge in [0.25, 0.3) is 0 Å². The van der Waals surface area contributed by atoms with Gasteiger partial charge in [-0.1, -0.05) is 53.5 Å². The summed E-state index contributed by atoms with van der Waals surface area (Å²) in [6.45, 7) is 14.4. The van der Waals surface area contributed by atoms with Crippen molar-refractivity contribution in [1.82, 2.24) is 0 Å². The van der Waals surface area contributed by atoms with Gasteiger partial charge in [-0.25, -0.2) is 0 Å². The van der Waals surface area contributed by atoms with E-state index in [1.165, 1.54) is 25.7 Å². The summed E-state index contributed by atoms with van der Waals surface area (Å²) in [7, 11) is 2.00. The maximum absolute atomic E-state index is 12.3. The summed E-state index contributed by atoms with van der Waals surface area (Å²) >= 11 is 0. The van der Waals surface area contributed by atoms with Crippen molar-refractivity contribution in [3.05, 3.63) is 12.2 Å². The molecule has 0 amide bonds. The highest BCUT2D eigenvalue weighted by Crippen LogP contribution is 2.50. The number of Topliss-reactive ketones (excluding diaryl/α,β-unsaturated/α-hetero) is 1. The summed E-state index contributed by atoms with van der Waals surface area (Å²) in [5.41, 5.74) is 0.765. The number of carbonyl (C=O) groups excluding carboxylic acids is 1. The minimum absolute atomic E-state index is 0.277. The lowest BCUT2D eigenvalue weighted by Crippen LogP contribution is -2.42. The van der Waals surface area contributed by atoms with E-state index in [1.54, 1.807) is 0 Å². The molecule has 2 rings (SSSR count). The minimum Gasteiger partial charge on any atom is -0.400 e. The van der Waals surface area contributed by atoms with E-state index in [2.05, 4.69) is 20.4 Å². The van der Waals surface area contributed by atoms with Crippen molar-refractivity contribution in [2.45, 2.75) is 73.1 Å². The average molecular weight is 343 g/mol. The highest BCUT2D eigenvalue weighted by Gasteiger charge is 2.44. The van der Waals surface area contributed by atoms with Crippen LogP contribution in [0, 0.1) is 29.6 Å². The molecule has 0 aromatic carbocycles. The van der Waals surface area contributed by atoms with Gasteiger partial charge >= 0.3 is 0 Å². The van der Waals surface area contributed by atoms with E-state index in [9.17, 15) is 4.79 Å². The van der Waals surface area contributed by atoms with Gasteiger partial charge in [-0.05, 0) is 55.4 Å². The number of rotatable bonds is 3. The minimum atomic E-state index is 0.277. The Hall–Kier alpha value is -0.670. The lowest BCUT2D eigenvalue weighted by molar-refractivity contribution is -0.125. The van der Waals surface area contributed by atoms with Crippen molar-refractivity contribution < 1.29 is 15.0 Å². The van der Waals surface area contributed by atoms with Crippen LogP contribution in [0.25, 0.3) is 0 Å². The van der Waals surface area contributed by atoms with Gasteiger partial charge in [-0.15, -0.1) is 0 Å². The highest BCUT2D eigenvalue weighted by molar-refractivity contribution is 5.96. The molecule has 2 saturated carbocycles. The highest BCUT2D eigenvalue weighted by atomic mass is 16.2. The van der Waals surface area contributed by atoms with Crippen molar-refractivity contribution in [2.24, 2.45) is 29.6 Å². The summed E-state index contributed by atoms with van der Waals surface area (Å²) < 4.78 is 0. The predicted octanol–water partition coefficient (Wildman–Crippen LogP) is 4.86. The number of aliphatic hydroxyl groups excluding tert-OH is 2. The molecule has 0 spiro atoms. The first-order chi connectivity index (χ1) is 11.6. The third kappa shape index (κ3) is 6.68. The van der Waals surface area contributed by atoms with Crippen LogP contribution < -0.4 is 0 Å². The predicted molar refractivity (Wildman–Crippen MR) is 104 cm³/mol. The number of allylic oxidation sites excluding steroid dienone is 1. The quantitative estimate of drug-likeness (QED) is 0.720. The van der Waals surface area contributed by atoms with Crippen LogP contribution in [-0.2, 0) is 4.79 Å². The number of hydrogen-bond donors (Lipinski definition) is 2. The molecular weight excluding hydrogens is 300 g/mol. The molecule has 2 N–H and O–H groups in total. The molecule has 0 radical (unpaired) electrons. The Morgan fingerprint density at radius 1 is 1.00 bits per heavy atom. The molecule has 0 heterocycles. The van der Waals surface area contributed by atoms with Crippen LogP contribution in [0.15, 0.2) is 12.2 Å². The summed E-state index contributed by atoms with van der Waals surface area (Å²) in [5, 5.41) is 14.0. The number of carbonyl (C=O) groups is 1. The van der Waals surface area contributed by atoms with E-state index in [1.807, 2.05) is 20.8 Å². The van der Waals surface area contributed by atoms with Gasteiger partial charge < -0.3 is 10.2 Å². The molecule has 3 heteroatoms. The van der Waals surface area contributed by atoms with Gasteiger partial charge in [0.15, 0.2) is 5.78 Å². The van der Waals surface area contributed by atoms with Crippen molar-refractivity contribution in [3.8, 4) is 0 Å². The first-order valence-corrected chi connectivity index (χ1v) is 9.65. The van der Waals surface area contributed by atoms with Crippen LogP contribution in [0.2, 0.25) is 0 Å². The fourth-order valence-electron chi connectivity index (χ4n) is 4.67. The van der Waals surface area contributed by atoms with Gasteiger partial charge in [-0.3, -0.25) is 4.79 Å². The third-order valence-electron chi connectivity index (χ3n) is 5.58. The van der Waals surface area contributed by atoms with Crippen LogP contribution in [0.1, 0.15) is 73.1 Å². The van der Waals surface area contributed by atoms with Crippen LogP contribution in [0.4, 0.5) is 0 Å². The molecule has 0 bridgehead atoms. The second-order valence-electron chi connectivity index (χ2n) is 6.64. The van der Waals surface area contributed by atoms with E-state index in [0.29, 0.717) is 11.7 Å². The van der Waals surface area contributed by atoms with Crippen LogP contribution in [0.3, 0.4) is 0 Å². The lowest BCUT2D eigenvalue weighted by Gasteiger charge is -2.47. The van der Waals surface area contributed by atoms with Crippen LogP contribution in [-0.4, -0.2) is 30.2 Å². The first kappa shape index (κ1) is 25.6. The molecule has 5 atom stereocenters. The van der Waals surface area contributed by atoms with Gasteiger partial charge in [0, 0.05) is 20.1 Å². The van der Waals surface area contributed by atoms with E-state index in [4.69, 9.17) is 10.2 Å². The van der Waals surface area contributed by atoms with Crippen molar-refractivity contribution in [3.63, 3.8) is 0 Å². The fraction of sp³-hybridized carbons (Fsp3) is 0.857. The van der Waals surface area contributed by atoms with Gasteiger partial charge in [0.2, 0.25) is 0 Å². The van der Waals surface area contributed by atoms with E-state index < -0.39 is 0 Å². The fourth-order valence-corrected chi connectivity index (χ4v) is 4.67. The topological polar surface area (TPSA) is 57.5 Å². The largest absolute Gasteiger partial charge is 0.400 e. The summed E-state index contributed by atoms with van der Waals surface area (Å²) in [4.78, 5) is 12.3. The molecule has 3 nitrogen and oxygen atoms in total. The number of hydrogen-bond acceptors (Lipinski definition) is 3. The Morgan fingerprint density at radius 2 is 1.54 bits per heavy atom. The molecule has 5 unspecified atom stereocenters. The maximum atomic E-state index is 12.3. The average Bonchev–Trinajstić information content (AvgIpc) is 2.65. The monoisotopic (exact) mass is 342 g/mol. The molecule has 2 aliphatic carbocycles. The van der Waals surface area contributed by atoms with Crippen LogP contribution in [0.5, 0.6) is 0 Å². The van der Waals surface area contributed by atoms with Crippen molar-refractivity contribution >= 4 is 5.78 Å². The SMILES string of the molecule is C=C(C)C(=O)C1CCC2C(C)CCCC2C1CC.CC.CO.CO. The molecular formula is C21H42O3. The maximum Gasteiger partial charge on any atom is 0.161 e. The second kappa shape index (κ2) is 14.7. The van der Waals surface area contributed by atoms with Crippen molar-refractivity contribution in [1.29, 1.82) is 0 Å². The van der Waals surface area contributed by atoms with E-state index in [0.717, 1.165) is 50.4 Å². The Kier molecular flexibility index (Phi) is 15.6. The smallest absolute Gasteiger partial charge is 0.161 e. The van der Waals surface area contributed by atoms with Gasteiger partial charge in [-0.2, -0.15) is 0 Å². The number of fused-ring (bicyclic) bond motifs is 1. The molecule has 144 valence electrons. The summed E-state index contributed by atoms with van der Waals surface area (Å²) in [6, 6.07) is 0. The standard InChI is InChI=1S/C17H28O.C2H6.2CH4O/c1-5-13-15-8-6-7-12(4)14(15)9-10-16(13)17(18)11(2)3;3*1-2/h12-16H,2,5-10H2,1,3-4H3;1-2H3;2*2H,1H3. The Balaban J connectivity index is 0. The molecule has 0 aromatic rings. The zero-order valence-corrected chi connectivity index (χ0v) is 17.1. The molecule has 24 heavy (non-hydrogen) atoms. The third-order valence-corrected chi connectivity index (χ3v) is 5.58. The van der Waals surface area contributed by atoms with Crippen molar-refractivity contribution in [2.75, 3.05) is 14.2 Å². The lowest BCUT2D eigenvalue weighted by atomic mass is 9.57. The number of aliphatic hydroxyl groups is 2. The zero-order valence-electron chi connectivity index (χ0n) is 17.1. The molecule has 2 aliphatic rings. The Morgan fingerprint density at radius 3 is 2.00 bits per heavy atom. The molecule has 0 aliphatic heterocycles. The van der Waals surface area contributed by atoms with Gasteiger partial charge in [0.05, 0.1) is 0 Å². The second-order valence-corrected chi connectivity index (χ2v) is 6.64. The van der Waals surface area contributed by atoms with Gasteiger partial charge in [0.1, 0.15) is 0 Å². The Labute approximate surface area is 150 Å².